The van der Waals surface area contributed by atoms with Gasteiger partial charge in [-0.15, -0.1) is 0 Å². The number of para-hydroxylation sites is 5. The minimum Gasteiger partial charge on any atom is -0.309 e. The summed E-state index contributed by atoms with van der Waals surface area (Å²) in [6.07, 6.45) is 0. The number of rotatable bonds is 8. The molecule has 0 aliphatic heterocycles. The number of benzene rings is 11. The summed E-state index contributed by atoms with van der Waals surface area (Å²) in [5, 5.41) is 12.9. The third-order valence-electron chi connectivity index (χ3n) is 14.8. The second kappa shape index (κ2) is 16.1. The highest BCUT2D eigenvalue weighted by atomic mass is 28.3. The summed E-state index contributed by atoms with van der Waals surface area (Å²) in [5.74, 6) is 0. The Bertz CT molecular complexity index is 4220. The summed E-state index contributed by atoms with van der Waals surface area (Å²) in [6, 6.07) is 101. The molecule has 0 fully saturated rings. The van der Waals surface area contributed by atoms with Crippen molar-refractivity contribution in [3.8, 4) is 28.2 Å². The van der Waals surface area contributed by atoms with Gasteiger partial charge in [0.25, 0.3) is 0 Å². The molecule has 0 saturated carbocycles. The Labute approximate surface area is 407 Å². The molecule has 3 heterocycles. The fraction of sp³-hybridized carbons (Fsp3) is 0. The lowest BCUT2D eigenvalue weighted by Gasteiger charge is -2.35. The Morgan fingerprint density at radius 2 is 0.586 bits per heavy atom. The van der Waals surface area contributed by atoms with E-state index in [4.69, 9.17) is 0 Å². The van der Waals surface area contributed by atoms with Gasteiger partial charge >= 0.3 is 0 Å². The maximum atomic E-state index is 2.51. The van der Waals surface area contributed by atoms with Crippen LogP contribution in [0.1, 0.15) is 0 Å². The van der Waals surface area contributed by atoms with Crippen LogP contribution in [0.15, 0.2) is 273 Å². The van der Waals surface area contributed by atoms with Crippen LogP contribution in [0.2, 0.25) is 0 Å². The number of nitrogens with zero attached hydrogens (tertiary/aromatic N) is 3. The molecule has 0 N–H and O–H groups in total. The average molecular weight is 908 g/mol. The second-order valence-corrected chi connectivity index (χ2v) is 22.2. The van der Waals surface area contributed by atoms with Crippen molar-refractivity contribution in [1.29, 1.82) is 0 Å². The molecule has 0 saturated heterocycles. The van der Waals surface area contributed by atoms with E-state index >= 15 is 0 Å². The van der Waals surface area contributed by atoms with Crippen LogP contribution in [0.4, 0.5) is 0 Å². The van der Waals surface area contributed by atoms with Crippen LogP contribution >= 0.6 is 0 Å². The van der Waals surface area contributed by atoms with Gasteiger partial charge in [-0.2, -0.15) is 0 Å². The van der Waals surface area contributed by atoms with Gasteiger partial charge in [-0.3, -0.25) is 0 Å². The molecule has 0 radical (unpaired) electrons. The monoisotopic (exact) mass is 907 g/mol. The number of fused-ring (bicyclic) bond motifs is 10. The summed E-state index contributed by atoms with van der Waals surface area (Å²) < 4.78 is 7.31. The zero-order valence-corrected chi connectivity index (χ0v) is 39.3. The molecule has 4 heteroatoms. The van der Waals surface area contributed by atoms with Crippen LogP contribution in [-0.4, -0.2) is 21.8 Å². The zero-order chi connectivity index (χ0) is 46.2. The highest BCUT2D eigenvalue weighted by Crippen LogP contribution is 2.42. The van der Waals surface area contributed by atoms with E-state index in [1.54, 1.807) is 0 Å². The first-order valence-corrected chi connectivity index (χ1v) is 26.2. The topological polar surface area (TPSA) is 14.8 Å². The van der Waals surface area contributed by atoms with E-state index in [0.29, 0.717) is 0 Å². The first-order valence-electron chi connectivity index (χ1n) is 24.2. The molecule has 328 valence electrons. The SMILES string of the molecule is c1ccc(-n2c3ccccc3c3cc(-c4ccc([Si](c5ccccc5)(c5ccccc5)c5cccc(-n6c7ccccc7c7c8c9ccccc9n(-c9ccccc9)c8ccc76)c5)cc4)ccc32)cc1. The van der Waals surface area contributed by atoms with E-state index in [9.17, 15) is 0 Å². The molecule has 0 bridgehead atoms. The molecule has 3 aromatic heterocycles. The lowest BCUT2D eigenvalue weighted by Crippen LogP contribution is -2.74. The Hall–Kier alpha value is -8.96. The van der Waals surface area contributed by atoms with Crippen LogP contribution in [-0.2, 0) is 0 Å². The van der Waals surface area contributed by atoms with Crippen LogP contribution < -0.4 is 20.7 Å². The molecule has 3 nitrogen and oxygen atoms in total. The van der Waals surface area contributed by atoms with Crippen molar-refractivity contribution in [2.45, 2.75) is 0 Å². The first-order chi connectivity index (χ1) is 34.8. The Morgan fingerprint density at radius 1 is 0.214 bits per heavy atom. The largest absolute Gasteiger partial charge is 0.309 e. The quantitative estimate of drug-likeness (QED) is 0.107. The lowest BCUT2D eigenvalue weighted by atomic mass is 10.0. The fourth-order valence-electron chi connectivity index (χ4n) is 11.8. The minimum absolute atomic E-state index is 1.15. The van der Waals surface area contributed by atoms with Gasteiger partial charge < -0.3 is 13.7 Å². The standard InChI is InChI=1S/C66H45N3Si/c1-5-20-48(21-6-1)67-59-33-16-13-30-55(59)58-44-47(38-41-62(58)67)46-36-39-53(40-37-46)70(51-25-9-3-10-26-51,52-27-11-4-12-28-52)54-29-19-24-50(45-54)69-61-35-18-15-32-57(61)66-64(69)43-42-63-65(66)56-31-14-17-34-60(56)68(63)49-22-7-2-8-23-49/h1-45H. The summed E-state index contributed by atoms with van der Waals surface area (Å²) in [4.78, 5) is 0. The smallest absolute Gasteiger partial charge is 0.179 e. The maximum Gasteiger partial charge on any atom is 0.179 e. The molecule has 0 aliphatic carbocycles. The second-order valence-electron chi connectivity index (χ2n) is 18.4. The molecule has 0 unspecified atom stereocenters. The first kappa shape index (κ1) is 40.1. The minimum atomic E-state index is -2.95. The van der Waals surface area contributed by atoms with Gasteiger partial charge in [-0.1, -0.05) is 194 Å². The van der Waals surface area contributed by atoms with Gasteiger partial charge in [-0.05, 0) is 111 Å². The highest BCUT2D eigenvalue weighted by Gasteiger charge is 2.41. The summed E-state index contributed by atoms with van der Waals surface area (Å²) in [6.45, 7) is 0. The van der Waals surface area contributed by atoms with Gasteiger partial charge in [0, 0.05) is 49.4 Å². The van der Waals surface area contributed by atoms with Crippen LogP contribution in [0.3, 0.4) is 0 Å². The van der Waals surface area contributed by atoms with Crippen molar-refractivity contribution in [3.05, 3.63) is 273 Å². The van der Waals surface area contributed by atoms with E-state index in [2.05, 4.69) is 287 Å². The number of hydrogen-bond acceptors (Lipinski definition) is 0. The van der Waals surface area contributed by atoms with E-state index < -0.39 is 8.07 Å². The predicted octanol–water partition coefficient (Wildman–Crippen LogP) is 14.0. The summed E-state index contributed by atoms with van der Waals surface area (Å²) >= 11 is 0. The van der Waals surface area contributed by atoms with Crippen LogP contribution in [0, 0.1) is 0 Å². The highest BCUT2D eigenvalue weighted by molar-refractivity contribution is 7.19. The summed E-state index contributed by atoms with van der Waals surface area (Å²) in [7, 11) is -2.95. The van der Waals surface area contributed by atoms with Gasteiger partial charge in [0.2, 0.25) is 0 Å². The van der Waals surface area contributed by atoms with Gasteiger partial charge in [-0.25, -0.2) is 0 Å². The van der Waals surface area contributed by atoms with E-state index in [-0.39, 0.29) is 0 Å². The van der Waals surface area contributed by atoms with E-state index in [1.165, 1.54) is 103 Å². The molecule has 0 atom stereocenters. The predicted molar refractivity (Wildman–Crippen MR) is 299 cm³/mol. The van der Waals surface area contributed by atoms with Crippen molar-refractivity contribution in [2.75, 3.05) is 0 Å². The third kappa shape index (κ3) is 6.00. The molecular formula is C66H45N3Si. The normalized spacial score (nSPS) is 12.0. The average Bonchev–Trinajstić information content (AvgIpc) is 4.08. The Balaban J connectivity index is 0.968. The fourth-order valence-corrected chi connectivity index (χ4v) is 16.6. The Kier molecular flexibility index (Phi) is 9.23. The maximum absolute atomic E-state index is 2.95. The molecule has 14 rings (SSSR count). The molecule has 11 aromatic carbocycles. The van der Waals surface area contributed by atoms with Crippen molar-refractivity contribution < 1.29 is 0 Å². The molecule has 0 amide bonds. The van der Waals surface area contributed by atoms with E-state index in [1.807, 2.05) is 0 Å². The van der Waals surface area contributed by atoms with Crippen molar-refractivity contribution >= 4 is 94.2 Å². The van der Waals surface area contributed by atoms with Gasteiger partial charge in [0.1, 0.15) is 0 Å². The molecule has 0 spiro atoms. The van der Waals surface area contributed by atoms with Crippen LogP contribution in [0.5, 0.6) is 0 Å². The van der Waals surface area contributed by atoms with Crippen LogP contribution in [0.25, 0.3) is 93.6 Å². The Morgan fingerprint density at radius 3 is 1.14 bits per heavy atom. The molecule has 0 aliphatic rings. The van der Waals surface area contributed by atoms with Gasteiger partial charge in [0.05, 0.1) is 33.1 Å². The van der Waals surface area contributed by atoms with Crippen molar-refractivity contribution in [1.82, 2.24) is 13.7 Å². The van der Waals surface area contributed by atoms with Crippen molar-refractivity contribution in [3.63, 3.8) is 0 Å². The molecule has 14 aromatic rings. The van der Waals surface area contributed by atoms with Gasteiger partial charge in [0.15, 0.2) is 8.07 Å². The summed E-state index contributed by atoms with van der Waals surface area (Å²) in [5.41, 5.74) is 13.1. The van der Waals surface area contributed by atoms with Crippen molar-refractivity contribution in [2.24, 2.45) is 0 Å². The zero-order valence-electron chi connectivity index (χ0n) is 38.3. The molecular weight excluding hydrogens is 863 g/mol. The number of hydrogen-bond donors (Lipinski definition) is 0. The third-order valence-corrected chi connectivity index (χ3v) is 19.6. The lowest BCUT2D eigenvalue weighted by molar-refractivity contribution is 1.17. The van der Waals surface area contributed by atoms with E-state index in [0.717, 1.165) is 11.4 Å². The molecule has 70 heavy (non-hydrogen) atoms. The number of aromatic nitrogens is 3.